The molecular formula is C32H36NSi+. The molecule has 1 aromatic heterocycles. The molecule has 1 fully saturated rings. The second-order valence-corrected chi connectivity index (χ2v) is 15.7. The van der Waals surface area contributed by atoms with Gasteiger partial charge in [0.15, 0.2) is 5.69 Å². The lowest BCUT2D eigenvalue weighted by atomic mass is 9.66. The molecule has 0 saturated heterocycles. The number of fused-ring (bicyclic) bond motifs is 3. The molecule has 1 saturated carbocycles. The fourth-order valence-corrected chi connectivity index (χ4v) is 9.11. The number of nitrogens with zero attached hydrogens (tertiary/aromatic N) is 1. The summed E-state index contributed by atoms with van der Waals surface area (Å²) in [4.78, 5) is 0. The van der Waals surface area contributed by atoms with Gasteiger partial charge in [-0.2, -0.15) is 4.57 Å². The molecule has 7 rings (SSSR count). The minimum atomic E-state index is -1.75. The van der Waals surface area contributed by atoms with E-state index in [1.54, 1.807) is 11.1 Å². The van der Waals surface area contributed by atoms with E-state index in [2.05, 4.69) is 105 Å². The zero-order valence-corrected chi connectivity index (χ0v) is 22.3. The van der Waals surface area contributed by atoms with Crippen LogP contribution in [0.3, 0.4) is 0 Å². The maximum Gasteiger partial charge on any atom is 0.220 e. The Morgan fingerprint density at radius 1 is 0.735 bits per heavy atom. The van der Waals surface area contributed by atoms with Crippen LogP contribution >= 0.6 is 0 Å². The number of pyridine rings is 1. The van der Waals surface area contributed by atoms with Crippen LogP contribution in [0.1, 0.15) is 59.9 Å². The highest BCUT2D eigenvalue weighted by Crippen LogP contribution is 2.50. The molecule has 1 nitrogen and oxygen atoms in total. The van der Waals surface area contributed by atoms with E-state index in [1.807, 2.05) is 0 Å². The molecule has 1 heterocycles. The lowest BCUT2D eigenvalue weighted by molar-refractivity contribution is -0.665. The van der Waals surface area contributed by atoms with Crippen molar-refractivity contribution in [3.8, 4) is 11.3 Å². The largest absolute Gasteiger partial charge is 0.220 e. The van der Waals surface area contributed by atoms with Gasteiger partial charge >= 0.3 is 0 Å². The summed E-state index contributed by atoms with van der Waals surface area (Å²) in [5.41, 5.74) is 8.85. The second kappa shape index (κ2) is 7.92. The quantitative estimate of drug-likeness (QED) is 0.241. The molecule has 172 valence electrons. The highest BCUT2D eigenvalue weighted by atomic mass is 28.3. The number of rotatable bonds is 3. The summed E-state index contributed by atoms with van der Waals surface area (Å²) in [5, 5.41) is 5.75. The van der Waals surface area contributed by atoms with E-state index in [1.165, 1.54) is 69.3 Å². The van der Waals surface area contributed by atoms with Gasteiger partial charge in [0.05, 0.1) is 10.9 Å². The monoisotopic (exact) mass is 462 g/mol. The van der Waals surface area contributed by atoms with Crippen molar-refractivity contribution in [2.24, 2.45) is 7.05 Å². The van der Waals surface area contributed by atoms with Crippen molar-refractivity contribution >= 4 is 29.2 Å². The van der Waals surface area contributed by atoms with Gasteiger partial charge in [0.2, 0.25) is 5.69 Å². The molecule has 0 radical (unpaired) electrons. The third-order valence-electron chi connectivity index (χ3n) is 9.04. The number of hydrogen-bond acceptors (Lipinski definition) is 0. The molecule has 3 aliphatic rings. The van der Waals surface area contributed by atoms with Crippen molar-refractivity contribution in [3.63, 3.8) is 0 Å². The lowest BCUT2D eigenvalue weighted by Crippen LogP contribution is -2.52. The normalized spacial score (nSPS) is 19.4. The molecule has 0 N–H and O–H groups in total. The Morgan fingerprint density at radius 3 is 2.06 bits per heavy atom. The van der Waals surface area contributed by atoms with E-state index in [9.17, 15) is 0 Å². The predicted molar refractivity (Wildman–Crippen MR) is 147 cm³/mol. The third-order valence-corrected chi connectivity index (χ3v) is 12.6. The topological polar surface area (TPSA) is 3.88 Å². The number of aromatic nitrogens is 1. The van der Waals surface area contributed by atoms with Gasteiger partial charge in [-0.3, -0.25) is 0 Å². The van der Waals surface area contributed by atoms with Crippen LogP contribution in [0.25, 0.3) is 22.0 Å². The van der Waals surface area contributed by atoms with Gasteiger partial charge in [0.1, 0.15) is 15.1 Å². The van der Waals surface area contributed by atoms with E-state index < -0.39 is 8.07 Å². The predicted octanol–water partition coefficient (Wildman–Crippen LogP) is 6.53. The summed E-state index contributed by atoms with van der Waals surface area (Å²) < 4.78 is 2.41. The Balaban J connectivity index is 1.54. The minimum absolute atomic E-state index is 0.769. The zero-order valence-electron chi connectivity index (χ0n) is 21.3. The van der Waals surface area contributed by atoms with E-state index in [4.69, 9.17) is 0 Å². The smallest absolute Gasteiger partial charge is 0.198 e. The first kappa shape index (κ1) is 21.8. The van der Waals surface area contributed by atoms with Gasteiger partial charge in [0, 0.05) is 13.0 Å². The van der Waals surface area contributed by atoms with Crippen molar-refractivity contribution in [2.45, 2.75) is 64.5 Å². The van der Waals surface area contributed by atoms with Crippen molar-refractivity contribution in [2.75, 3.05) is 0 Å². The average molecular weight is 463 g/mol. The van der Waals surface area contributed by atoms with Crippen molar-refractivity contribution in [1.29, 1.82) is 0 Å². The van der Waals surface area contributed by atoms with Crippen LogP contribution in [0, 0.1) is 13.8 Å². The van der Waals surface area contributed by atoms with Gasteiger partial charge in [-0.05, 0) is 78.7 Å². The van der Waals surface area contributed by atoms with E-state index in [-0.39, 0.29) is 0 Å². The molecule has 3 aliphatic carbocycles. The first-order chi connectivity index (χ1) is 16.3. The van der Waals surface area contributed by atoms with Crippen LogP contribution in [0.15, 0.2) is 66.7 Å². The molecule has 0 amide bonds. The molecule has 34 heavy (non-hydrogen) atoms. The molecule has 0 spiro atoms. The molecule has 0 atom stereocenters. The number of aryl methyl sites for hydroxylation is 2. The van der Waals surface area contributed by atoms with Crippen molar-refractivity contribution in [3.05, 3.63) is 89.1 Å². The summed E-state index contributed by atoms with van der Waals surface area (Å²) in [7, 11) is 0.495. The molecule has 0 unspecified atom stereocenters. The van der Waals surface area contributed by atoms with Gasteiger partial charge in [-0.1, -0.05) is 72.0 Å². The van der Waals surface area contributed by atoms with E-state index in [0.29, 0.717) is 0 Å². The summed E-state index contributed by atoms with van der Waals surface area (Å²) in [6, 6.07) is 25.9. The fourth-order valence-electron chi connectivity index (χ4n) is 6.74. The van der Waals surface area contributed by atoms with Crippen LogP contribution in [-0.4, -0.2) is 8.07 Å². The highest BCUT2D eigenvalue weighted by Gasteiger charge is 2.34. The Kier molecular flexibility index (Phi) is 5.07. The maximum absolute atomic E-state index is 2.57. The first-order valence-electron chi connectivity index (χ1n) is 13.0. The SMILES string of the molecule is Cc1cc2c(cc1-c1c3ccc([Si](C)(C)c4ccccc4)cc3cc(C)[n+]1C)C1CCC2CC1. The summed E-state index contributed by atoms with van der Waals surface area (Å²) in [6.07, 6.45) is 5.54. The van der Waals surface area contributed by atoms with Crippen LogP contribution in [0.2, 0.25) is 13.1 Å². The molecule has 3 aromatic carbocycles. The van der Waals surface area contributed by atoms with E-state index in [0.717, 1.165) is 11.8 Å². The Labute approximate surface area is 205 Å². The van der Waals surface area contributed by atoms with Crippen LogP contribution in [0.4, 0.5) is 0 Å². The fraction of sp³-hybridized carbons (Fsp3) is 0.344. The molecule has 2 heteroatoms. The minimum Gasteiger partial charge on any atom is -0.198 e. The van der Waals surface area contributed by atoms with Crippen molar-refractivity contribution in [1.82, 2.24) is 0 Å². The summed E-state index contributed by atoms with van der Waals surface area (Å²) >= 11 is 0. The van der Waals surface area contributed by atoms with E-state index >= 15 is 0 Å². The summed E-state index contributed by atoms with van der Waals surface area (Å²) in [5.74, 6) is 1.56. The molecule has 4 aromatic rings. The lowest BCUT2D eigenvalue weighted by Gasteiger charge is -2.38. The van der Waals surface area contributed by atoms with Gasteiger partial charge in [-0.15, -0.1) is 0 Å². The second-order valence-electron chi connectivity index (χ2n) is 11.3. The van der Waals surface area contributed by atoms with Crippen LogP contribution in [-0.2, 0) is 7.05 Å². The Hall–Kier alpha value is -2.71. The zero-order chi connectivity index (χ0) is 23.6. The molecule has 2 bridgehead atoms. The van der Waals surface area contributed by atoms with Crippen molar-refractivity contribution < 1.29 is 4.57 Å². The summed E-state index contributed by atoms with van der Waals surface area (Å²) in [6.45, 7) is 9.53. The standard InChI is InChI=1S/C32H36NSi/c1-21-17-30-23-11-13-24(14-12-23)31(30)20-29(21)32-28-16-15-27(19-25(28)18-22(2)33(32)3)34(4,5)26-9-7-6-8-10-26/h6-10,15-20,23-24H,11-14H2,1-5H3/q+1. The van der Waals surface area contributed by atoms with Gasteiger partial charge in [0.25, 0.3) is 0 Å². The van der Waals surface area contributed by atoms with Crippen LogP contribution in [0.5, 0.6) is 0 Å². The Bertz CT molecular complexity index is 1410. The Morgan fingerprint density at radius 2 is 1.38 bits per heavy atom. The molecule has 0 aliphatic heterocycles. The maximum atomic E-state index is 2.57. The number of benzene rings is 3. The average Bonchev–Trinajstić information content (AvgIpc) is 2.86. The first-order valence-corrected chi connectivity index (χ1v) is 16.0. The van der Waals surface area contributed by atoms with Gasteiger partial charge < -0.3 is 0 Å². The van der Waals surface area contributed by atoms with Crippen LogP contribution < -0.4 is 14.9 Å². The third kappa shape index (κ3) is 3.30. The number of hydrogen-bond donors (Lipinski definition) is 0. The molecular weight excluding hydrogens is 426 g/mol. The van der Waals surface area contributed by atoms with Gasteiger partial charge in [-0.25, -0.2) is 0 Å². The highest BCUT2D eigenvalue weighted by molar-refractivity contribution is 7.00.